The SMILES string of the molecule is CC/C=C\C/C=C\C/C=C\C/C=C\C/C=C\C/C=C\C/C=C\C/C=C\CCCCC(=O)OCC(COC(=O)CC/C=C\C/C=C\C/C=C\C/C=C\CC)OC(=O)CCCCCCCCCCCCC/C=C\C/C=C\CCCCCCC. The van der Waals surface area contributed by atoms with Crippen molar-refractivity contribution >= 4 is 17.9 Å². The number of allylic oxidation sites excluding steroid dienone is 28. The highest BCUT2D eigenvalue weighted by Gasteiger charge is 2.19. The van der Waals surface area contributed by atoms with E-state index in [0.29, 0.717) is 19.3 Å². The second kappa shape index (κ2) is 67.3. The van der Waals surface area contributed by atoms with Gasteiger partial charge in [0, 0.05) is 19.3 Å². The van der Waals surface area contributed by atoms with Crippen LogP contribution in [0.25, 0.3) is 0 Å². The lowest BCUT2D eigenvalue weighted by atomic mass is 10.0. The molecule has 0 saturated heterocycles. The fraction of sp³-hybridized carbons (Fsp3) is 0.587. The van der Waals surface area contributed by atoms with Crippen LogP contribution in [0.1, 0.15) is 265 Å². The molecule has 0 heterocycles. The van der Waals surface area contributed by atoms with E-state index in [0.717, 1.165) is 116 Å². The van der Waals surface area contributed by atoms with E-state index in [4.69, 9.17) is 14.2 Å². The highest BCUT2D eigenvalue weighted by Crippen LogP contribution is 2.15. The van der Waals surface area contributed by atoms with Crippen LogP contribution < -0.4 is 0 Å². The Morgan fingerprint density at radius 2 is 0.506 bits per heavy atom. The smallest absolute Gasteiger partial charge is 0.306 e. The predicted octanol–water partition coefficient (Wildman–Crippen LogP) is 22.7. The molecule has 0 saturated carbocycles. The van der Waals surface area contributed by atoms with Gasteiger partial charge >= 0.3 is 17.9 Å². The number of unbranched alkanes of at least 4 members (excludes halogenated alkanes) is 18. The number of carbonyl (C=O) groups is 3. The van der Waals surface area contributed by atoms with Gasteiger partial charge in [-0.1, -0.05) is 274 Å². The van der Waals surface area contributed by atoms with Gasteiger partial charge in [0.15, 0.2) is 6.10 Å². The second-order valence-electron chi connectivity index (χ2n) is 20.9. The summed E-state index contributed by atoms with van der Waals surface area (Å²) in [4.78, 5) is 38.3. The third-order valence-electron chi connectivity index (χ3n) is 13.2. The molecule has 0 radical (unpaired) electrons. The van der Waals surface area contributed by atoms with Crippen molar-refractivity contribution in [2.45, 2.75) is 271 Å². The molecule has 1 unspecified atom stereocenters. The maximum absolute atomic E-state index is 12.9. The van der Waals surface area contributed by atoms with Crippen molar-refractivity contribution in [3.8, 4) is 0 Å². The Kier molecular flexibility index (Phi) is 62.9. The van der Waals surface area contributed by atoms with Crippen LogP contribution in [-0.2, 0) is 28.6 Å². The van der Waals surface area contributed by atoms with E-state index in [2.05, 4.69) is 179 Å². The van der Waals surface area contributed by atoms with Crippen molar-refractivity contribution < 1.29 is 28.6 Å². The van der Waals surface area contributed by atoms with Crippen molar-refractivity contribution in [1.29, 1.82) is 0 Å². The first kappa shape index (κ1) is 75.8. The topological polar surface area (TPSA) is 78.9 Å². The molecule has 0 N–H and O–H groups in total. The summed E-state index contributed by atoms with van der Waals surface area (Å²) < 4.78 is 16.8. The van der Waals surface area contributed by atoms with E-state index >= 15 is 0 Å². The summed E-state index contributed by atoms with van der Waals surface area (Å²) in [5.74, 6) is -1.06. The number of hydrogen-bond donors (Lipinski definition) is 0. The van der Waals surface area contributed by atoms with Crippen LogP contribution in [0.4, 0.5) is 0 Å². The third-order valence-corrected chi connectivity index (χ3v) is 13.2. The zero-order valence-corrected chi connectivity index (χ0v) is 52.0. The molecule has 0 aromatic rings. The van der Waals surface area contributed by atoms with E-state index in [1.807, 2.05) is 12.2 Å². The predicted molar refractivity (Wildman–Crippen MR) is 352 cm³/mol. The summed E-state index contributed by atoms with van der Waals surface area (Å²) in [6.07, 6.45) is 99.5. The Morgan fingerprint density at radius 1 is 0.259 bits per heavy atom. The maximum atomic E-state index is 12.9. The van der Waals surface area contributed by atoms with Crippen LogP contribution >= 0.6 is 0 Å². The monoisotopic (exact) mass is 1110 g/mol. The number of esters is 3. The van der Waals surface area contributed by atoms with Gasteiger partial charge in [0.25, 0.3) is 0 Å². The number of ether oxygens (including phenoxy) is 3. The quantitative estimate of drug-likeness (QED) is 0.0261. The van der Waals surface area contributed by atoms with Crippen LogP contribution in [0.2, 0.25) is 0 Å². The molecule has 0 bridgehead atoms. The van der Waals surface area contributed by atoms with E-state index in [1.165, 1.54) is 96.3 Å². The van der Waals surface area contributed by atoms with Crippen molar-refractivity contribution in [3.05, 3.63) is 170 Å². The highest BCUT2D eigenvalue weighted by atomic mass is 16.6. The fourth-order valence-corrected chi connectivity index (χ4v) is 8.38. The molecule has 0 aliphatic carbocycles. The molecule has 0 fully saturated rings. The first-order valence-electron chi connectivity index (χ1n) is 32.6. The average molecular weight is 1120 g/mol. The lowest BCUT2D eigenvalue weighted by Gasteiger charge is -2.18. The van der Waals surface area contributed by atoms with Gasteiger partial charge in [-0.3, -0.25) is 14.4 Å². The summed E-state index contributed by atoms with van der Waals surface area (Å²) in [6, 6.07) is 0. The summed E-state index contributed by atoms with van der Waals surface area (Å²) in [7, 11) is 0. The average Bonchev–Trinajstić information content (AvgIpc) is 3.46. The lowest BCUT2D eigenvalue weighted by Crippen LogP contribution is -2.30. The van der Waals surface area contributed by atoms with Crippen LogP contribution in [0, 0.1) is 0 Å². The van der Waals surface area contributed by atoms with Gasteiger partial charge in [-0.05, 0) is 141 Å². The Hall–Kier alpha value is -5.23. The summed E-state index contributed by atoms with van der Waals surface area (Å²) in [6.45, 7) is 6.29. The van der Waals surface area contributed by atoms with E-state index < -0.39 is 6.10 Å². The Labute approximate surface area is 498 Å². The Bertz CT molecular complexity index is 1860. The minimum Gasteiger partial charge on any atom is -0.462 e. The molecule has 0 aliphatic rings. The number of hydrogen-bond acceptors (Lipinski definition) is 6. The minimum absolute atomic E-state index is 0.131. The van der Waals surface area contributed by atoms with E-state index in [1.54, 1.807) is 0 Å². The standard InChI is InChI=1S/C75H118O6/c1-4-7-10-13-16-19-22-25-27-29-31-33-35-36-37-38-40-41-43-45-47-50-53-56-59-62-65-68-74(77)80-71-72(70-79-73(76)67-64-61-58-55-52-49-24-21-18-15-12-9-6-3)81-75(78)69-66-63-60-57-54-51-48-46-44-42-39-34-32-30-28-26-23-20-17-14-11-8-5-2/h7,9-10,12,16,18-19,21,23,25-27,30-33,36-37,40-41,45,47,49,52-53,56,58,61,72H,4-6,8,11,13-15,17,20,22,24,28-29,34-35,38-39,42-44,46,48,50-51,54-55,57,59-60,62-71H2,1-3H3/b10-7-,12-9-,19-16-,21-18-,26-23-,27-25-,32-30-,33-31-,37-36-,41-40-,47-45-,52-49-,56-53-,61-58-. The van der Waals surface area contributed by atoms with Crippen molar-refractivity contribution in [3.63, 3.8) is 0 Å². The van der Waals surface area contributed by atoms with Crippen LogP contribution in [-0.4, -0.2) is 37.2 Å². The molecule has 6 heteroatoms. The van der Waals surface area contributed by atoms with Gasteiger partial charge in [-0.15, -0.1) is 0 Å². The molecule has 81 heavy (non-hydrogen) atoms. The number of carbonyl (C=O) groups excluding carboxylic acids is 3. The molecule has 6 nitrogen and oxygen atoms in total. The van der Waals surface area contributed by atoms with Gasteiger partial charge in [0.1, 0.15) is 13.2 Å². The van der Waals surface area contributed by atoms with Gasteiger partial charge in [0.2, 0.25) is 0 Å². The van der Waals surface area contributed by atoms with Crippen molar-refractivity contribution in [2.75, 3.05) is 13.2 Å². The summed E-state index contributed by atoms with van der Waals surface area (Å²) in [5, 5.41) is 0. The fourth-order valence-electron chi connectivity index (χ4n) is 8.38. The van der Waals surface area contributed by atoms with Crippen molar-refractivity contribution in [1.82, 2.24) is 0 Å². The molecule has 454 valence electrons. The molecule has 0 rings (SSSR count). The normalized spacial score (nSPS) is 13.3. The molecule has 1 atom stereocenters. The molecule has 0 amide bonds. The van der Waals surface area contributed by atoms with E-state index in [9.17, 15) is 14.4 Å². The van der Waals surface area contributed by atoms with Gasteiger partial charge in [-0.2, -0.15) is 0 Å². The Balaban J connectivity index is 4.48. The zero-order valence-electron chi connectivity index (χ0n) is 52.0. The van der Waals surface area contributed by atoms with Crippen molar-refractivity contribution in [2.24, 2.45) is 0 Å². The van der Waals surface area contributed by atoms with Crippen LogP contribution in [0.15, 0.2) is 170 Å². The first-order chi connectivity index (χ1) is 40.0. The van der Waals surface area contributed by atoms with Gasteiger partial charge in [-0.25, -0.2) is 0 Å². The summed E-state index contributed by atoms with van der Waals surface area (Å²) >= 11 is 0. The van der Waals surface area contributed by atoms with E-state index in [-0.39, 0.29) is 44.0 Å². The minimum atomic E-state index is -0.836. The molecule has 0 aliphatic heterocycles. The van der Waals surface area contributed by atoms with Crippen LogP contribution in [0.5, 0.6) is 0 Å². The lowest BCUT2D eigenvalue weighted by molar-refractivity contribution is -0.166. The molecule has 0 aromatic carbocycles. The summed E-state index contributed by atoms with van der Waals surface area (Å²) in [5.41, 5.74) is 0. The largest absolute Gasteiger partial charge is 0.462 e. The van der Waals surface area contributed by atoms with Gasteiger partial charge < -0.3 is 14.2 Å². The third kappa shape index (κ3) is 65.5. The van der Waals surface area contributed by atoms with Crippen LogP contribution in [0.3, 0.4) is 0 Å². The first-order valence-corrected chi connectivity index (χ1v) is 32.6. The Morgan fingerprint density at radius 3 is 0.852 bits per heavy atom. The number of rotatable bonds is 57. The maximum Gasteiger partial charge on any atom is 0.306 e. The second-order valence-corrected chi connectivity index (χ2v) is 20.9. The van der Waals surface area contributed by atoms with Gasteiger partial charge in [0.05, 0.1) is 0 Å². The highest BCUT2D eigenvalue weighted by molar-refractivity contribution is 5.71. The molecule has 0 spiro atoms. The molecular formula is C75H118O6. The molecule has 0 aromatic heterocycles. The molecular weight excluding hydrogens is 997 g/mol. The zero-order chi connectivity index (χ0) is 58.5.